The van der Waals surface area contributed by atoms with Gasteiger partial charge in [-0.05, 0) is 13.0 Å². The molecule has 8 nitrogen and oxygen atoms in total. The number of amides is 3. The Morgan fingerprint density at radius 1 is 1.26 bits per heavy atom. The van der Waals surface area contributed by atoms with Gasteiger partial charge in [-0.15, -0.1) is 0 Å². The number of aromatic nitrogens is 2. The van der Waals surface area contributed by atoms with E-state index in [1.807, 2.05) is 24.1 Å². The van der Waals surface area contributed by atoms with E-state index in [0.29, 0.717) is 13.1 Å². The Hall–Kier alpha value is -2.09. The molecule has 1 aromatic heterocycles. The van der Waals surface area contributed by atoms with Crippen molar-refractivity contribution in [3.05, 3.63) is 18.5 Å². The Morgan fingerprint density at radius 2 is 2.00 bits per heavy atom. The molecule has 8 heteroatoms. The number of rotatable bonds is 6. The lowest BCUT2D eigenvalue weighted by Crippen LogP contribution is -2.50. The molecule has 23 heavy (non-hydrogen) atoms. The minimum atomic E-state index is -0.160. The van der Waals surface area contributed by atoms with Crippen LogP contribution < -0.4 is 10.6 Å². The fraction of sp³-hybridized carbons (Fsp3) is 0.667. The molecule has 1 atom stereocenters. The third-order valence-corrected chi connectivity index (χ3v) is 3.93. The van der Waals surface area contributed by atoms with Crippen molar-refractivity contribution in [2.45, 2.75) is 26.4 Å². The van der Waals surface area contributed by atoms with Crippen LogP contribution in [0.25, 0.3) is 0 Å². The number of carbonyl (C=O) groups is 2. The summed E-state index contributed by atoms with van der Waals surface area (Å²) < 4.78 is 1.79. The van der Waals surface area contributed by atoms with E-state index in [-0.39, 0.29) is 18.0 Å². The first-order valence-electron chi connectivity index (χ1n) is 8.04. The average Bonchev–Trinajstić information content (AvgIpc) is 3.00. The van der Waals surface area contributed by atoms with Gasteiger partial charge in [-0.25, -0.2) is 4.79 Å². The van der Waals surface area contributed by atoms with E-state index < -0.39 is 0 Å². The normalized spacial score (nSPS) is 16.9. The summed E-state index contributed by atoms with van der Waals surface area (Å²) in [5.74, 6) is 0.133. The van der Waals surface area contributed by atoms with Crippen LogP contribution in [0.2, 0.25) is 0 Å². The molecule has 0 spiro atoms. The van der Waals surface area contributed by atoms with Crippen molar-refractivity contribution in [1.82, 2.24) is 30.2 Å². The summed E-state index contributed by atoms with van der Waals surface area (Å²) in [6, 6.07) is 1.71. The fourth-order valence-electron chi connectivity index (χ4n) is 2.62. The molecule has 0 saturated carbocycles. The van der Waals surface area contributed by atoms with Gasteiger partial charge in [0.05, 0.1) is 6.54 Å². The Morgan fingerprint density at radius 3 is 2.61 bits per heavy atom. The van der Waals surface area contributed by atoms with E-state index >= 15 is 0 Å². The van der Waals surface area contributed by atoms with Crippen molar-refractivity contribution >= 4 is 11.9 Å². The van der Waals surface area contributed by atoms with Crippen molar-refractivity contribution in [2.75, 3.05) is 39.3 Å². The Kier molecular flexibility index (Phi) is 6.40. The quantitative estimate of drug-likeness (QED) is 0.756. The predicted molar refractivity (Wildman–Crippen MR) is 86.9 cm³/mol. The molecule has 128 valence electrons. The van der Waals surface area contributed by atoms with Gasteiger partial charge in [0.25, 0.3) is 0 Å². The number of nitrogens with one attached hydrogen (secondary N) is 2. The first-order valence-corrected chi connectivity index (χ1v) is 8.04. The number of nitrogens with zero attached hydrogens (tertiary/aromatic N) is 4. The van der Waals surface area contributed by atoms with Crippen molar-refractivity contribution in [2.24, 2.45) is 0 Å². The van der Waals surface area contributed by atoms with E-state index in [4.69, 9.17) is 0 Å². The van der Waals surface area contributed by atoms with Crippen molar-refractivity contribution in [3.63, 3.8) is 0 Å². The van der Waals surface area contributed by atoms with Crippen LogP contribution in [0, 0.1) is 0 Å². The Bertz CT molecular complexity index is 496. The monoisotopic (exact) mass is 322 g/mol. The van der Waals surface area contributed by atoms with Crippen LogP contribution >= 0.6 is 0 Å². The van der Waals surface area contributed by atoms with Crippen LogP contribution in [-0.4, -0.2) is 76.8 Å². The van der Waals surface area contributed by atoms with Gasteiger partial charge >= 0.3 is 6.03 Å². The Labute approximate surface area is 136 Å². The maximum absolute atomic E-state index is 11.8. The van der Waals surface area contributed by atoms with E-state index in [1.165, 1.54) is 0 Å². The summed E-state index contributed by atoms with van der Waals surface area (Å²) in [4.78, 5) is 27.2. The van der Waals surface area contributed by atoms with Crippen LogP contribution in [0.5, 0.6) is 0 Å². The summed E-state index contributed by atoms with van der Waals surface area (Å²) in [7, 11) is 0. The molecule has 2 N–H and O–H groups in total. The molecule has 0 radical (unpaired) electrons. The SMILES string of the molecule is CC(=O)N1CCN(CCNC(=O)N[C@@H](C)Cn2cccn2)CC1. The van der Waals surface area contributed by atoms with Crippen LogP contribution in [0.3, 0.4) is 0 Å². The molecule has 0 aliphatic carbocycles. The maximum Gasteiger partial charge on any atom is 0.315 e. The second-order valence-corrected chi connectivity index (χ2v) is 5.88. The second kappa shape index (κ2) is 8.52. The number of piperazine rings is 1. The molecular formula is C15H26N6O2. The molecule has 1 aliphatic heterocycles. The minimum Gasteiger partial charge on any atom is -0.340 e. The summed E-state index contributed by atoms with van der Waals surface area (Å²) in [6.45, 7) is 8.84. The molecule has 1 aliphatic rings. The molecule has 0 aromatic carbocycles. The molecular weight excluding hydrogens is 296 g/mol. The summed E-state index contributed by atoms with van der Waals surface area (Å²) >= 11 is 0. The van der Waals surface area contributed by atoms with E-state index in [0.717, 1.165) is 32.7 Å². The maximum atomic E-state index is 11.8. The highest BCUT2D eigenvalue weighted by atomic mass is 16.2. The standard InChI is InChI=1S/C15H26N6O2/c1-13(12-21-6-3-4-17-21)18-15(23)16-5-7-19-8-10-20(11-9-19)14(2)22/h3-4,6,13H,5,7-12H2,1-2H3,(H2,16,18,23)/t13-/m0/s1. The lowest BCUT2D eigenvalue weighted by Gasteiger charge is -2.34. The van der Waals surface area contributed by atoms with Gasteiger partial charge in [-0.3, -0.25) is 14.4 Å². The van der Waals surface area contributed by atoms with E-state index in [9.17, 15) is 9.59 Å². The van der Waals surface area contributed by atoms with Crippen molar-refractivity contribution in [1.29, 1.82) is 0 Å². The first kappa shape index (κ1) is 17.3. The zero-order valence-electron chi connectivity index (χ0n) is 13.9. The summed E-state index contributed by atoms with van der Waals surface area (Å²) in [6.07, 6.45) is 3.59. The molecule has 2 heterocycles. The van der Waals surface area contributed by atoms with E-state index in [1.54, 1.807) is 17.8 Å². The number of hydrogen-bond acceptors (Lipinski definition) is 4. The highest BCUT2D eigenvalue weighted by Crippen LogP contribution is 2.00. The highest BCUT2D eigenvalue weighted by molar-refractivity contribution is 5.74. The van der Waals surface area contributed by atoms with Gasteiger partial charge in [0.2, 0.25) is 5.91 Å². The zero-order chi connectivity index (χ0) is 16.7. The smallest absolute Gasteiger partial charge is 0.315 e. The van der Waals surface area contributed by atoms with Gasteiger partial charge in [-0.2, -0.15) is 5.10 Å². The second-order valence-electron chi connectivity index (χ2n) is 5.88. The number of urea groups is 1. The lowest BCUT2D eigenvalue weighted by atomic mass is 10.3. The third kappa shape index (κ3) is 5.90. The minimum absolute atomic E-state index is 0.00834. The Balaban J connectivity index is 1.57. The van der Waals surface area contributed by atoms with E-state index in [2.05, 4.69) is 20.6 Å². The third-order valence-electron chi connectivity index (χ3n) is 3.93. The zero-order valence-corrected chi connectivity index (χ0v) is 13.9. The van der Waals surface area contributed by atoms with Gasteiger partial charge in [0.1, 0.15) is 0 Å². The lowest BCUT2D eigenvalue weighted by molar-refractivity contribution is -0.130. The molecule has 1 saturated heterocycles. The van der Waals surface area contributed by atoms with Crippen molar-refractivity contribution < 1.29 is 9.59 Å². The average molecular weight is 322 g/mol. The highest BCUT2D eigenvalue weighted by Gasteiger charge is 2.18. The van der Waals surface area contributed by atoms with Crippen molar-refractivity contribution in [3.8, 4) is 0 Å². The first-order chi connectivity index (χ1) is 11.0. The van der Waals surface area contributed by atoms with Crippen LogP contribution in [0.4, 0.5) is 4.79 Å². The molecule has 0 bridgehead atoms. The topological polar surface area (TPSA) is 82.5 Å². The van der Waals surface area contributed by atoms with Gasteiger partial charge in [0, 0.05) is 64.6 Å². The number of carbonyl (C=O) groups excluding carboxylic acids is 2. The van der Waals surface area contributed by atoms with Gasteiger partial charge in [-0.1, -0.05) is 0 Å². The van der Waals surface area contributed by atoms with Gasteiger partial charge < -0.3 is 15.5 Å². The predicted octanol–water partition coefficient (Wildman–Crippen LogP) is -0.265. The molecule has 0 unspecified atom stereocenters. The van der Waals surface area contributed by atoms with Crippen LogP contribution in [0.1, 0.15) is 13.8 Å². The molecule has 3 amide bonds. The van der Waals surface area contributed by atoms with Crippen LogP contribution in [0.15, 0.2) is 18.5 Å². The number of hydrogen-bond donors (Lipinski definition) is 2. The molecule has 1 aromatic rings. The molecule has 1 fully saturated rings. The van der Waals surface area contributed by atoms with Gasteiger partial charge in [0.15, 0.2) is 0 Å². The largest absolute Gasteiger partial charge is 0.340 e. The fourth-order valence-corrected chi connectivity index (χ4v) is 2.62. The summed E-state index contributed by atoms with van der Waals surface area (Å²) in [5, 5.41) is 9.88. The summed E-state index contributed by atoms with van der Waals surface area (Å²) in [5.41, 5.74) is 0. The van der Waals surface area contributed by atoms with Crippen LogP contribution in [-0.2, 0) is 11.3 Å². The molecule has 2 rings (SSSR count).